The summed E-state index contributed by atoms with van der Waals surface area (Å²) in [5.74, 6) is -0.179. The van der Waals surface area contributed by atoms with Crippen LogP contribution in [0.3, 0.4) is 0 Å². The molecule has 0 bridgehead atoms. The van der Waals surface area contributed by atoms with Crippen molar-refractivity contribution in [2.24, 2.45) is 5.73 Å². The largest absolute Gasteiger partial charge is 0.352 e. The van der Waals surface area contributed by atoms with Crippen molar-refractivity contribution in [1.82, 2.24) is 15.6 Å². The molecule has 7 heteroatoms. The molecule has 3 amide bonds. The van der Waals surface area contributed by atoms with E-state index in [1.54, 1.807) is 11.3 Å². The molecule has 0 radical (unpaired) electrons. The van der Waals surface area contributed by atoms with Crippen LogP contribution in [-0.2, 0) is 11.3 Å². The maximum absolute atomic E-state index is 12.3. The summed E-state index contributed by atoms with van der Waals surface area (Å²) < 4.78 is 1.09. The van der Waals surface area contributed by atoms with Gasteiger partial charge in [0.05, 0.1) is 29.2 Å². The quantitative estimate of drug-likeness (QED) is 0.635. The fourth-order valence-corrected chi connectivity index (χ4v) is 3.44. The van der Waals surface area contributed by atoms with E-state index in [0.29, 0.717) is 6.54 Å². The third kappa shape index (κ3) is 4.54. The maximum Gasteiger partial charge on any atom is 0.312 e. The smallest absolute Gasteiger partial charge is 0.312 e. The van der Waals surface area contributed by atoms with Gasteiger partial charge in [-0.25, -0.2) is 9.78 Å². The average molecular weight is 354 g/mol. The van der Waals surface area contributed by atoms with Gasteiger partial charge in [-0.2, -0.15) is 0 Å². The Morgan fingerprint density at radius 3 is 2.52 bits per heavy atom. The van der Waals surface area contributed by atoms with Gasteiger partial charge >= 0.3 is 6.03 Å². The lowest BCUT2D eigenvalue weighted by Crippen LogP contribution is -2.36. The minimum atomic E-state index is -0.659. The SMILES string of the molecule is NC(=O)N[C@H](CC(=O)NCc1nc2ccccc2s1)c1ccccc1. The molecular formula is C18H18N4O2S. The second-order valence-electron chi connectivity index (χ2n) is 5.53. The van der Waals surface area contributed by atoms with E-state index < -0.39 is 12.1 Å². The van der Waals surface area contributed by atoms with Crippen LogP contribution in [0, 0.1) is 0 Å². The highest BCUT2D eigenvalue weighted by Crippen LogP contribution is 2.21. The Morgan fingerprint density at radius 1 is 1.08 bits per heavy atom. The van der Waals surface area contributed by atoms with Gasteiger partial charge in [-0.05, 0) is 17.7 Å². The summed E-state index contributed by atoms with van der Waals surface area (Å²) in [7, 11) is 0. The first-order valence-corrected chi connectivity index (χ1v) is 8.65. The van der Waals surface area contributed by atoms with Crippen LogP contribution in [0.2, 0.25) is 0 Å². The van der Waals surface area contributed by atoms with Crippen LogP contribution in [-0.4, -0.2) is 16.9 Å². The van der Waals surface area contributed by atoms with E-state index in [1.165, 1.54) is 0 Å². The van der Waals surface area contributed by atoms with Crippen LogP contribution in [0.4, 0.5) is 4.79 Å². The highest BCUT2D eigenvalue weighted by atomic mass is 32.1. The molecule has 3 aromatic rings. The zero-order valence-corrected chi connectivity index (χ0v) is 14.3. The molecule has 0 spiro atoms. The third-order valence-corrected chi connectivity index (χ3v) is 4.72. The molecule has 1 heterocycles. The standard InChI is InChI=1S/C18H18N4O2S/c19-18(24)22-14(12-6-2-1-3-7-12)10-16(23)20-11-17-21-13-8-4-5-9-15(13)25-17/h1-9,14H,10-11H2,(H,20,23)(H3,19,22,24)/t14-/m1/s1. The lowest BCUT2D eigenvalue weighted by Gasteiger charge is -2.17. The Morgan fingerprint density at radius 2 is 1.80 bits per heavy atom. The van der Waals surface area contributed by atoms with Gasteiger partial charge in [0, 0.05) is 0 Å². The van der Waals surface area contributed by atoms with Gasteiger partial charge in [-0.15, -0.1) is 11.3 Å². The number of primary amides is 1. The number of hydrogen-bond acceptors (Lipinski definition) is 4. The van der Waals surface area contributed by atoms with Gasteiger partial charge in [-0.1, -0.05) is 42.5 Å². The van der Waals surface area contributed by atoms with Crippen LogP contribution in [0.1, 0.15) is 23.0 Å². The minimum absolute atomic E-state index is 0.109. The fraction of sp³-hybridized carbons (Fsp3) is 0.167. The van der Waals surface area contributed by atoms with Crippen molar-refractivity contribution >= 4 is 33.5 Å². The number of rotatable bonds is 6. The van der Waals surface area contributed by atoms with Crippen molar-refractivity contribution in [2.45, 2.75) is 19.0 Å². The number of thiazole rings is 1. The average Bonchev–Trinajstić information content (AvgIpc) is 3.03. The Labute approximate surface area is 149 Å². The zero-order chi connectivity index (χ0) is 17.6. The molecule has 3 rings (SSSR count). The molecule has 0 aliphatic carbocycles. The predicted octanol–water partition coefficient (Wildman–Crippen LogP) is 2.71. The first-order valence-electron chi connectivity index (χ1n) is 7.84. The Balaban J connectivity index is 1.62. The van der Waals surface area contributed by atoms with Crippen molar-refractivity contribution in [3.63, 3.8) is 0 Å². The molecule has 0 fully saturated rings. The lowest BCUT2D eigenvalue weighted by molar-refractivity contribution is -0.121. The van der Waals surface area contributed by atoms with E-state index in [1.807, 2.05) is 54.6 Å². The number of nitrogens with two attached hydrogens (primary N) is 1. The number of nitrogens with one attached hydrogen (secondary N) is 2. The van der Waals surface area contributed by atoms with E-state index in [0.717, 1.165) is 20.8 Å². The van der Waals surface area contributed by atoms with Crippen LogP contribution < -0.4 is 16.4 Å². The minimum Gasteiger partial charge on any atom is -0.352 e. The number of amides is 3. The Hall–Kier alpha value is -2.93. The summed E-state index contributed by atoms with van der Waals surface area (Å²) in [4.78, 5) is 28.0. The number of carbonyl (C=O) groups is 2. The number of benzene rings is 2. The van der Waals surface area contributed by atoms with Crippen LogP contribution in [0.25, 0.3) is 10.2 Å². The Bertz CT molecular complexity index is 846. The number of hydrogen-bond donors (Lipinski definition) is 3. The number of urea groups is 1. The van der Waals surface area contributed by atoms with Gasteiger partial charge in [-0.3, -0.25) is 4.79 Å². The lowest BCUT2D eigenvalue weighted by atomic mass is 10.0. The molecule has 0 saturated carbocycles. The van der Waals surface area contributed by atoms with Gasteiger partial charge in [0.2, 0.25) is 5.91 Å². The maximum atomic E-state index is 12.3. The van der Waals surface area contributed by atoms with E-state index in [9.17, 15) is 9.59 Å². The van der Waals surface area contributed by atoms with Crippen LogP contribution in [0.5, 0.6) is 0 Å². The first-order chi connectivity index (χ1) is 12.1. The summed E-state index contributed by atoms with van der Waals surface area (Å²) in [5.41, 5.74) is 6.98. The summed E-state index contributed by atoms with van der Waals surface area (Å²) in [6.07, 6.45) is 0.109. The van der Waals surface area contributed by atoms with Crippen molar-refractivity contribution in [3.05, 3.63) is 65.2 Å². The topological polar surface area (TPSA) is 97.1 Å². The van der Waals surface area contributed by atoms with Crippen LogP contribution >= 0.6 is 11.3 Å². The van der Waals surface area contributed by atoms with Gasteiger partial charge in [0.1, 0.15) is 5.01 Å². The molecule has 0 unspecified atom stereocenters. The number of carbonyl (C=O) groups excluding carboxylic acids is 2. The monoisotopic (exact) mass is 354 g/mol. The van der Waals surface area contributed by atoms with Gasteiger partial charge in [0.15, 0.2) is 0 Å². The number of nitrogens with zero attached hydrogens (tertiary/aromatic N) is 1. The van der Waals surface area contributed by atoms with Crippen molar-refractivity contribution in [3.8, 4) is 0 Å². The molecule has 4 N–H and O–H groups in total. The molecule has 1 atom stereocenters. The summed E-state index contributed by atoms with van der Waals surface area (Å²) in [6, 6.07) is 16.0. The molecule has 0 saturated heterocycles. The van der Waals surface area contributed by atoms with Gasteiger partial charge in [0.25, 0.3) is 0 Å². The molecule has 2 aromatic carbocycles. The molecular weight excluding hydrogens is 336 g/mol. The van der Waals surface area contributed by atoms with Crippen LogP contribution in [0.15, 0.2) is 54.6 Å². The predicted molar refractivity (Wildman–Crippen MR) is 98.0 cm³/mol. The molecule has 128 valence electrons. The molecule has 6 nitrogen and oxygen atoms in total. The fourth-order valence-electron chi connectivity index (χ4n) is 2.54. The number of para-hydroxylation sites is 1. The molecule has 25 heavy (non-hydrogen) atoms. The highest BCUT2D eigenvalue weighted by Gasteiger charge is 2.17. The zero-order valence-electron chi connectivity index (χ0n) is 13.4. The molecule has 0 aliphatic heterocycles. The number of fused-ring (bicyclic) bond motifs is 1. The van der Waals surface area contributed by atoms with E-state index in [-0.39, 0.29) is 12.3 Å². The summed E-state index contributed by atoms with van der Waals surface area (Å²) in [5, 5.41) is 6.30. The Kier molecular flexibility index (Phi) is 5.25. The highest BCUT2D eigenvalue weighted by molar-refractivity contribution is 7.18. The second kappa shape index (κ2) is 7.76. The van der Waals surface area contributed by atoms with Crippen molar-refractivity contribution < 1.29 is 9.59 Å². The summed E-state index contributed by atoms with van der Waals surface area (Å²) in [6.45, 7) is 0.357. The van der Waals surface area contributed by atoms with Gasteiger partial charge < -0.3 is 16.4 Å². The second-order valence-corrected chi connectivity index (χ2v) is 6.64. The first kappa shape index (κ1) is 16.9. The summed E-state index contributed by atoms with van der Waals surface area (Å²) >= 11 is 1.55. The van der Waals surface area contributed by atoms with Crippen molar-refractivity contribution in [1.29, 1.82) is 0 Å². The van der Waals surface area contributed by atoms with E-state index >= 15 is 0 Å². The third-order valence-electron chi connectivity index (χ3n) is 3.68. The van der Waals surface area contributed by atoms with E-state index in [4.69, 9.17) is 5.73 Å². The van der Waals surface area contributed by atoms with E-state index in [2.05, 4.69) is 15.6 Å². The normalized spacial score (nSPS) is 11.8. The van der Waals surface area contributed by atoms with Crippen molar-refractivity contribution in [2.75, 3.05) is 0 Å². The molecule has 0 aliphatic rings. The molecule has 1 aromatic heterocycles. The number of aromatic nitrogens is 1.